The number of thiophene rings is 1. The summed E-state index contributed by atoms with van der Waals surface area (Å²) in [6.45, 7) is 11.1. The molecule has 5 rings (SSSR count). The molecule has 2 heterocycles. The Bertz CT molecular complexity index is 1450. The van der Waals surface area contributed by atoms with Gasteiger partial charge in [0.2, 0.25) is 0 Å². The first-order valence-electron chi connectivity index (χ1n) is 12.2. The van der Waals surface area contributed by atoms with Crippen LogP contribution in [0.4, 0.5) is 4.79 Å². The van der Waals surface area contributed by atoms with Gasteiger partial charge in [-0.1, -0.05) is 48.5 Å². The average molecular weight is 498 g/mol. The molecule has 0 saturated carbocycles. The molecule has 1 aliphatic heterocycles. The van der Waals surface area contributed by atoms with Crippen LogP contribution in [0.5, 0.6) is 11.5 Å². The van der Waals surface area contributed by atoms with Gasteiger partial charge in [-0.25, -0.2) is 4.79 Å². The Labute approximate surface area is 216 Å². The van der Waals surface area contributed by atoms with Crippen LogP contribution in [-0.2, 0) is 4.74 Å². The highest BCUT2D eigenvalue weighted by Gasteiger charge is 2.29. The lowest BCUT2D eigenvalue weighted by molar-refractivity contribution is 0.0216. The monoisotopic (exact) mass is 497 g/mol. The zero-order valence-electron chi connectivity index (χ0n) is 21.4. The van der Waals surface area contributed by atoms with Crippen molar-refractivity contribution in [2.75, 3.05) is 13.1 Å². The van der Waals surface area contributed by atoms with Crippen LogP contribution in [0.25, 0.3) is 26.6 Å². The van der Waals surface area contributed by atoms with Gasteiger partial charge in [-0.05, 0) is 86.7 Å². The standard InChI is InChI=1S/C31H31NO3S/c1-20-10-15-26-27(16-20)36-29(25-9-7-6-8-21(25)2)28(26)34-24-13-11-22(12-14-24)17-23-18-32(19-23)30(33)35-31(3,4)5/h6-17H,18-19H2,1-5H3. The van der Waals surface area contributed by atoms with Crippen molar-refractivity contribution >= 4 is 33.6 Å². The fourth-order valence-electron chi connectivity index (χ4n) is 4.26. The Morgan fingerprint density at radius 1 is 0.972 bits per heavy atom. The van der Waals surface area contributed by atoms with E-state index in [1.54, 1.807) is 16.2 Å². The zero-order chi connectivity index (χ0) is 25.4. The predicted molar refractivity (Wildman–Crippen MR) is 149 cm³/mol. The maximum atomic E-state index is 12.2. The number of likely N-dealkylation sites (tertiary alicyclic amines) is 1. The number of carbonyl (C=O) groups excluding carboxylic acids is 1. The number of carbonyl (C=O) groups is 1. The molecule has 0 bridgehead atoms. The molecule has 184 valence electrons. The topological polar surface area (TPSA) is 38.8 Å². The second-order valence-electron chi connectivity index (χ2n) is 10.4. The summed E-state index contributed by atoms with van der Waals surface area (Å²) in [5.41, 5.74) is 5.49. The number of amides is 1. The molecule has 1 saturated heterocycles. The van der Waals surface area contributed by atoms with E-state index in [-0.39, 0.29) is 6.09 Å². The Balaban J connectivity index is 1.35. The zero-order valence-corrected chi connectivity index (χ0v) is 22.2. The van der Waals surface area contributed by atoms with Crippen LogP contribution in [-0.4, -0.2) is 29.7 Å². The van der Waals surface area contributed by atoms with Crippen molar-refractivity contribution in [2.24, 2.45) is 0 Å². The fourth-order valence-corrected chi connectivity index (χ4v) is 5.58. The molecular formula is C31H31NO3S. The van der Waals surface area contributed by atoms with Gasteiger partial charge in [-0.2, -0.15) is 0 Å². The second-order valence-corrected chi connectivity index (χ2v) is 11.4. The highest BCUT2D eigenvalue weighted by Crippen LogP contribution is 2.47. The van der Waals surface area contributed by atoms with E-state index in [9.17, 15) is 4.79 Å². The Morgan fingerprint density at radius 2 is 1.69 bits per heavy atom. The highest BCUT2D eigenvalue weighted by molar-refractivity contribution is 7.22. The van der Waals surface area contributed by atoms with Crippen molar-refractivity contribution < 1.29 is 14.3 Å². The van der Waals surface area contributed by atoms with E-state index in [1.807, 2.05) is 32.9 Å². The van der Waals surface area contributed by atoms with Gasteiger partial charge < -0.3 is 14.4 Å². The Hall–Kier alpha value is -3.57. The first kappa shape index (κ1) is 24.1. The van der Waals surface area contributed by atoms with Gasteiger partial charge in [0.15, 0.2) is 5.75 Å². The van der Waals surface area contributed by atoms with Gasteiger partial charge in [0.1, 0.15) is 11.4 Å². The maximum Gasteiger partial charge on any atom is 0.410 e. The smallest absolute Gasteiger partial charge is 0.410 e. The molecule has 36 heavy (non-hydrogen) atoms. The summed E-state index contributed by atoms with van der Waals surface area (Å²) in [4.78, 5) is 15.0. The van der Waals surface area contributed by atoms with E-state index in [0.717, 1.165) is 27.3 Å². The molecule has 0 aliphatic carbocycles. The number of fused-ring (bicyclic) bond motifs is 1. The maximum absolute atomic E-state index is 12.2. The molecule has 1 amide bonds. The summed E-state index contributed by atoms with van der Waals surface area (Å²) in [7, 11) is 0. The lowest BCUT2D eigenvalue weighted by Crippen LogP contribution is -2.46. The van der Waals surface area contributed by atoms with E-state index in [4.69, 9.17) is 9.47 Å². The van der Waals surface area contributed by atoms with Crippen molar-refractivity contribution in [3.05, 3.63) is 89.0 Å². The van der Waals surface area contributed by atoms with E-state index in [0.29, 0.717) is 13.1 Å². The SMILES string of the molecule is Cc1ccc2c(Oc3ccc(C=C4CN(C(=O)OC(C)(C)C)C4)cc3)c(-c3ccccc3C)sc2c1. The van der Waals surface area contributed by atoms with Crippen molar-refractivity contribution in [3.63, 3.8) is 0 Å². The minimum Gasteiger partial charge on any atom is -0.455 e. The van der Waals surface area contributed by atoms with Crippen LogP contribution < -0.4 is 4.74 Å². The third kappa shape index (κ3) is 5.17. The third-order valence-electron chi connectivity index (χ3n) is 6.10. The third-order valence-corrected chi connectivity index (χ3v) is 7.27. The van der Waals surface area contributed by atoms with Gasteiger partial charge in [0, 0.05) is 23.2 Å². The molecule has 0 atom stereocenters. The van der Waals surface area contributed by atoms with Gasteiger partial charge in [-0.15, -0.1) is 11.3 Å². The molecule has 1 fully saturated rings. The van der Waals surface area contributed by atoms with Crippen LogP contribution in [0.2, 0.25) is 0 Å². The summed E-state index contributed by atoms with van der Waals surface area (Å²) >= 11 is 1.78. The quantitative estimate of drug-likeness (QED) is 0.283. The number of benzene rings is 3. The van der Waals surface area contributed by atoms with Crippen molar-refractivity contribution in [1.82, 2.24) is 4.90 Å². The van der Waals surface area contributed by atoms with Gasteiger partial charge in [0.05, 0.1) is 4.88 Å². The second kappa shape index (κ2) is 9.47. The molecule has 4 nitrogen and oxygen atoms in total. The molecule has 5 heteroatoms. The Morgan fingerprint density at radius 3 is 2.39 bits per heavy atom. The first-order valence-corrected chi connectivity index (χ1v) is 13.0. The van der Waals surface area contributed by atoms with Crippen LogP contribution in [0.3, 0.4) is 0 Å². The summed E-state index contributed by atoms with van der Waals surface area (Å²) in [6.07, 6.45) is 1.87. The lowest BCUT2D eigenvalue weighted by atomic mass is 10.0. The van der Waals surface area contributed by atoms with Gasteiger partial charge in [0.25, 0.3) is 0 Å². The normalized spacial score (nSPS) is 13.5. The van der Waals surface area contributed by atoms with Crippen molar-refractivity contribution in [1.29, 1.82) is 0 Å². The number of aryl methyl sites for hydroxylation is 2. The van der Waals surface area contributed by atoms with Crippen molar-refractivity contribution in [2.45, 2.75) is 40.2 Å². The van der Waals surface area contributed by atoms with E-state index in [1.165, 1.54) is 27.0 Å². The molecule has 4 aromatic rings. The number of ether oxygens (including phenoxy) is 2. The molecule has 1 aromatic heterocycles. The molecule has 0 spiro atoms. The first-order chi connectivity index (χ1) is 17.2. The van der Waals surface area contributed by atoms with Gasteiger partial charge >= 0.3 is 6.09 Å². The Kier molecular flexibility index (Phi) is 6.35. The van der Waals surface area contributed by atoms with Crippen LogP contribution >= 0.6 is 11.3 Å². The fraction of sp³-hybridized carbons (Fsp3) is 0.258. The number of hydrogen-bond acceptors (Lipinski definition) is 4. The number of nitrogens with zero attached hydrogens (tertiary/aromatic N) is 1. The molecule has 0 unspecified atom stereocenters. The largest absolute Gasteiger partial charge is 0.455 e. The van der Waals surface area contributed by atoms with Crippen molar-refractivity contribution in [3.8, 4) is 21.9 Å². The van der Waals surface area contributed by atoms with E-state index < -0.39 is 5.60 Å². The van der Waals surface area contributed by atoms with E-state index >= 15 is 0 Å². The minimum atomic E-state index is -0.474. The van der Waals surface area contributed by atoms with Crippen LogP contribution in [0.15, 0.2) is 72.3 Å². The van der Waals surface area contributed by atoms with Crippen LogP contribution in [0, 0.1) is 13.8 Å². The highest BCUT2D eigenvalue weighted by atomic mass is 32.1. The molecule has 0 N–H and O–H groups in total. The van der Waals surface area contributed by atoms with Gasteiger partial charge in [-0.3, -0.25) is 0 Å². The number of rotatable bonds is 4. The lowest BCUT2D eigenvalue weighted by Gasteiger charge is -2.35. The summed E-state index contributed by atoms with van der Waals surface area (Å²) < 4.78 is 13.2. The number of hydrogen-bond donors (Lipinski definition) is 0. The molecular weight excluding hydrogens is 466 g/mol. The molecule has 0 radical (unpaired) electrons. The summed E-state index contributed by atoms with van der Waals surface area (Å²) in [5.74, 6) is 1.71. The summed E-state index contributed by atoms with van der Waals surface area (Å²) in [5, 5.41) is 1.13. The summed E-state index contributed by atoms with van der Waals surface area (Å²) in [6, 6.07) is 23.1. The predicted octanol–water partition coefficient (Wildman–Crippen LogP) is 8.61. The molecule has 1 aliphatic rings. The van der Waals surface area contributed by atoms with E-state index in [2.05, 4.69) is 74.5 Å². The van der Waals surface area contributed by atoms with Crippen LogP contribution in [0.1, 0.15) is 37.5 Å². The molecule has 3 aromatic carbocycles. The average Bonchev–Trinajstić information content (AvgIpc) is 3.13. The minimum absolute atomic E-state index is 0.258.